The van der Waals surface area contributed by atoms with Crippen molar-refractivity contribution >= 4 is 61.7 Å². The Balaban J connectivity index is 1.83. The molecule has 0 aliphatic heterocycles. The minimum atomic E-state index is -0.712. The summed E-state index contributed by atoms with van der Waals surface area (Å²) in [6, 6.07) is 17.0. The predicted molar refractivity (Wildman–Crippen MR) is 134 cm³/mol. The van der Waals surface area contributed by atoms with Gasteiger partial charge < -0.3 is 10.4 Å². The van der Waals surface area contributed by atoms with Crippen LogP contribution < -0.4 is 10.7 Å². The van der Waals surface area contributed by atoms with E-state index in [1.807, 2.05) is 0 Å². The molecule has 0 spiro atoms. The van der Waals surface area contributed by atoms with E-state index in [9.17, 15) is 24.8 Å². The lowest BCUT2D eigenvalue weighted by atomic mass is 10.1. The van der Waals surface area contributed by atoms with Gasteiger partial charge in [0.2, 0.25) is 0 Å². The number of amides is 2. The third-order valence-electron chi connectivity index (χ3n) is 4.36. The molecule has 0 fully saturated rings. The van der Waals surface area contributed by atoms with Crippen LogP contribution in [0, 0.1) is 10.1 Å². The summed E-state index contributed by atoms with van der Waals surface area (Å²) in [4.78, 5) is 35.7. The largest absolute Gasteiger partial charge is 0.506 e. The second kappa shape index (κ2) is 11.3. The minimum absolute atomic E-state index is 0.0260. The average molecular weight is 588 g/mol. The third-order valence-corrected chi connectivity index (χ3v) is 5.57. The molecule has 0 aliphatic carbocycles. The lowest BCUT2D eigenvalue weighted by Gasteiger charge is -2.09. The molecule has 3 rings (SSSR count). The summed E-state index contributed by atoms with van der Waals surface area (Å²) in [6.07, 6.45) is 2.73. The van der Waals surface area contributed by atoms with Crippen LogP contribution >= 0.6 is 31.9 Å². The SMILES string of the molecule is O=C(N/N=C\c1cc(Br)c(O)c(Br)c1)/C(=C\c1ccc([N+](=O)[O-])cc1)NC(=O)c1ccccc1. The van der Waals surface area contributed by atoms with Gasteiger partial charge in [-0.15, -0.1) is 0 Å². The molecule has 0 saturated heterocycles. The van der Waals surface area contributed by atoms with Crippen molar-refractivity contribution in [2.24, 2.45) is 5.10 Å². The van der Waals surface area contributed by atoms with Crippen LogP contribution in [0.5, 0.6) is 5.75 Å². The summed E-state index contributed by atoms with van der Waals surface area (Å²) < 4.78 is 0.868. The zero-order chi connectivity index (χ0) is 24.7. The van der Waals surface area contributed by atoms with Crippen LogP contribution in [0.2, 0.25) is 0 Å². The van der Waals surface area contributed by atoms with Gasteiger partial charge in [-0.25, -0.2) is 5.43 Å². The summed E-state index contributed by atoms with van der Waals surface area (Å²) in [7, 11) is 0. The van der Waals surface area contributed by atoms with Gasteiger partial charge in [-0.05, 0) is 85.5 Å². The Morgan fingerprint density at radius 3 is 2.18 bits per heavy atom. The number of hydrogen-bond acceptors (Lipinski definition) is 6. The predicted octanol–water partition coefficient (Wildman–Crippen LogP) is 4.75. The number of hydrogen-bond donors (Lipinski definition) is 3. The number of nitro groups is 1. The molecule has 0 unspecified atom stereocenters. The number of non-ortho nitro benzene ring substituents is 1. The molecule has 2 amide bonds. The molecule has 0 saturated carbocycles. The van der Waals surface area contributed by atoms with Gasteiger partial charge >= 0.3 is 0 Å². The Morgan fingerprint density at radius 1 is 0.971 bits per heavy atom. The van der Waals surface area contributed by atoms with Crippen molar-refractivity contribution in [2.75, 3.05) is 0 Å². The summed E-state index contributed by atoms with van der Waals surface area (Å²) in [5, 5.41) is 27.1. The molecule has 34 heavy (non-hydrogen) atoms. The number of phenols is 1. The molecular formula is C23H16Br2N4O5. The smallest absolute Gasteiger partial charge is 0.287 e. The molecule has 3 aromatic rings. The first-order valence-corrected chi connectivity index (χ1v) is 11.2. The molecule has 0 aliphatic rings. The van der Waals surface area contributed by atoms with Crippen molar-refractivity contribution in [3.8, 4) is 5.75 Å². The topological polar surface area (TPSA) is 134 Å². The van der Waals surface area contributed by atoms with Crippen molar-refractivity contribution in [1.82, 2.24) is 10.7 Å². The minimum Gasteiger partial charge on any atom is -0.506 e. The van der Waals surface area contributed by atoms with Crippen LogP contribution in [0.15, 0.2) is 86.5 Å². The van der Waals surface area contributed by atoms with Crippen molar-refractivity contribution in [3.05, 3.63) is 108 Å². The molecular weight excluding hydrogens is 572 g/mol. The average Bonchev–Trinajstić information content (AvgIpc) is 2.82. The van der Waals surface area contributed by atoms with Gasteiger partial charge in [-0.1, -0.05) is 18.2 Å². The lowest BCUT2D eigenvalue weighted by Crippen LogP contribution is -2.32. The highest BCUT2D eigenvalue weighted by molar-refractivity contribution is 9.11. The fraction of sp³-hybridized carbons (Fsp3) is 0. The number of carbonyl (C=O) groups is 2. The van der Waals surface area contributed by atoms with E-state index in [1.165, 1.54) is 36.6 Å². The van der Waals surface area contributed by atoms with E-state index in [4.69, 9.17) is 0 Å². The maximum atomic E-state index is 12.8. The number of phenolic OH excluding ortho intramolecular Hbond substituents is 1. The highest BCUT2D eigenvalue weighted by Crippen LogP contribution is 2.32. The zero-order valence-electron chi connectivity index (χ0n) is 17.2. The van der Waals surface area contributed by atoms with E-state index in [1.54, 1.807) is 42.5 Å². The standard InChI is InChI=1S/C23H16Br2N4O5/c24-18-10-15(11-19(25)21(18)30)13-26-28-23(32)20(27-22(31)16-4-2-1-3-5-16)12-14-6-8-17(9-7-14)29(33)34/h1-13,30H,(H,27,31)(H,28,32)/b20-12+,26-13-. The lowest BCUT2D eigenvalue weighted by molar-refractivity contribution is -0.384. The highest BCUT2D eigenvalue weighted by atomic mass is 79.9. The molecule has 172 valence electrons. The zero-order valence-corrected chi connectivity index (χ0v) is 20.4. The molecule has 11 heteroatoms. The summed E-state index contributed by atoms with van der Waals surface area (Å²) >= 11 is 6.43. The molecule has 0 aromatic heterocycles. The van der Waals surface area contributed by atoms with Gasteiger partial charge in [0.15, 0.2) is 0 Å². The molecule has 0 heterocycles. The van der Waals surface area contributed by atoms with Crippen LogP contribution in [0.3, 0.4) is 0 Å². The number of hydrazone groups is 1. The number of nitrogens with zero attached hydrogens (tertiary/aromatic N) is 2. The fourth-order valence-electron chi connectivity index (χ4n) is 2.69. The fourth-order valence-corrected chi connectivity index (χ4v) is 3.91. The van der Waals surface area contributed by atoms with Gasteiger partial charge in [-0.2, -0.15) is 5.10 Å². The van der Waals surface area contributed by atoms with Crippen molar-refractivity contribution < 1.29 is 19.6 Å². The van der Waals surface area contributed by atoms with Crippen molar-refractivity contribution in [3.63, 3.8) is 0 Å². The van der Waals surface area contributed by atoms with Crippen LogP contribution in [0.1, 0.15) is 21.5 Å². The normalized spacial score (nSPS) is 11.3. The quantitative estimate of drug-likeness (QED) is 0.159. The summed E-state index contributed by atoms with van der Waals surface area (Å²) in [6.45, 7) is 0. The van der Waals surface area contributed by atoms with Crippen LogP contribution in [-0.4, -0.2) is 28.1 Å². The van der Waals surface area contributed by atoms with Crippen LogP contribution in [0.25, 0.3) is 6.08 Å². The Bertz CT molecular complexity index is 1270. The third kappa shape index (κ3) is 6.59. The number of rotatable bonds is 7. The highest BCUT2D eigenvalue weighted by Gasteiger charge is 2.15. The van der Waals surface area contributed by atoms with Gasteiger partial charge in [0.25, 0.3) is 17.5 Å². The van der Waals surface area contributed by atoms with E-state index in [-0.39, 0.29) is 17.1 Å². The van der Waals surface area contributed by atoms with E-state index in [2.05, 4.69) is 47.7 Å². The van der Waals surface area contributed by atoms with E-state index >= 15 is 0 Å². The number of carbonyl (C=O) groups excluding carboxylic acids is 2. The Kier molecular flexibility index (Phi) is 8.28. The Morgan fingerprint density at radius 2 is 1.59 bits per heavy atom. The number of aromatic hydroxyl groups is 1. The molecule has 9 nitrogen and oxygen atoms in total. The number of halogens is 2. The van der Waals surface area contributed by atoms with E-state index in [0.29, 0.717) is 25.6 Å². The summed E-state index contributed by atoms with van der Waals surface area (Å²) in [5.41, 5.74) is 3.49. The Labute approximate surface area is 210 Å². The Hall–Kier alpha value is -3.83. The maximum Gasteiger partial charge on any atom is 0.287 e. The molecule has 3 aromatic carbocycles. The molecule has 0 radical (unpaired) electrons. The molecule has 0 bridgehead atoms. The van der Waals surface area contributed by atoms with Gasteiger partial charge in [0, 0.05) is 17.7 Å². The number of nitrogens with one attached hydrogen (secondary N) is 2. The first-order chi connectivity index (χ1) is 16.2. The van der Waals surface area contributed by atoms with Crippen LogP contribution in [-0.2, 0) is 4.79 Å². The van der Waals surface area contributed by atoms with Gasteiger partial charge in [0.1, 0.15) is 11.4 Å². The first kappa shape index (κ1) is 24.8. The molecule has 0 atom stereocenters. The second-order valence-electron chi connectivity index (χ2n) is 6.76. The van der Waals surface area contributed by atoms with Crippen molar-refractivity contribution in [2.45, 2.75) is 0 Å². The maximum absolute atomic E-state index is 12.8. The van der Waals surface area contributed by atoms with Gasteiger partial charge in [-0.3, -0.25) is 19.7 Å². The van der Waals surface area contributed by atoms with Crippen molar-refractivity contribution in [1.29, 1.82) is 0 Å². The summed E-state index contributed by atoms with van der Waals surface area (Å²) in [5.74, 6) is -1.20. The number of nitro benzene ring substituents is 1. The van der Waals surface area contributed by atoms with Gasteiger partial charge in [0.05, 0.1) is 20.1 Å². The molecule has 3 N–H and O–H groups in total. The number of benzene rings is 3. The monoisotopic (exact) mass is 586 g/mol. The first-order valence-electron chi connectivity index (χ1n) is 9.58. The van der Waals surface area contributed by atoms with E-state index in [0.717, 1.165) is 0 Å². The van der Waals surface area contributed by atoms with Crippen LogP contribution in [0.4, 0.5) is 5.69 Å². The van der Waals surface area contributed by atoms with E-state index < -0.39 is 16.7 Å². The second-order valence-corrected chi connectivity index (χ2v) is 8.47.